The number of nitrogens with two attached hydrogens (primary N) is 1. The maximum absolute atomic E-state index is 5.56. The molecule has 2 N–H and O–H groups in total. The molecule has 0 unspecified atom stereocenters. The first-order chi connectivity index (χ1) is 5.15. The van der Waals surface area contributed by atoms with E-state index in [2.05, 4.69) is 25.9 Å². The van der Waals surface area contributed by atoms with Crippen molar-refractivity contribution in [2.24, 2.45) is 0 Å². The summed E-state index contributed by atoms with van der Waals surface area (Å²) in [4.78, 5) is 0. The zero-order valence-corrected chi connectivity index (χ0v) is 7.33. The van der Waals surface area contributed by atoms with Crippen LogP contribution in [-0.2, 0) is 6.54 Å². The van der Waals surface area contributed by atoms with Crippen molar-refractivity contribution < 1.29 is 0 Å². The zero-order chi connectivity index (χ0) is 8.43. The Hall–Kier alpha value is -0.990. The topological polar surface area (TPSA) is 43.8 Å². The Labute approximate surface area is 67.2 Å². The van der Waals surface area contributed by atoms with E-state index in [1.54, 1.807) is 0 Å². The Morgan fingerprint density at radius 2 is 2.27 bits per heavy atom. The van der Waals surface area contributed by atoms with Crippen molar-refractivity contribution >= 4 is 5.82 Å². The lowest BCUT2D eigenvalue weighted by atomic mass is 10.1. The largest absolute Gasteiger partial charge is 0.382 e. The van der Waals surface area contributed by atoms with Crippen LogP contribution in [0, 0.1) is 0 Å². The van der Waals surface area contributed by atoms with E-state index in [0.717, 1.165) is 6.54 Å². The first-order valence-corrected chi connectivity index (χ1v) is 3.98. The Kier molecular flexibility index (Phi) is 2.17. The van der Waals surface area contributed by atoms with Gasteiger partial charge in [-0.2, -0.15) is 5.10 Å². The van der Waals surface area contributed by atoms with E-state index in [1.807, 2.05) is 10.7 Å². The van der Waals surface area contributed by atoms with Gasteiger partial charge in [0.2, 0.25) is 0 Å². The first kappa shape index (κ1) is 8.11. The molecule has 0 radical (unpaired) electrons. The molecule has 3 heteroatoms. The molecule has 0 aliphatic carbocycles. The van der Waals surface area contributed by atoms with Gasteiger partial charge in [-0.25, -0.2) is 0 Å². The minimum absolute atomic E-state index is 0.500. The summed E-state index contributed by atoms with van der Waals surface area (Å²) in [5.74, 6) is 1.12. The number of rotatable bonds is 2. The summed E-state index contributed by atoms with van der Waals surface area (Å²) < 4.78 is 1.94. The monoisotopic (exact) mass is 153 g/mol. The summed E-state index contributed by atoms with van der Waals surface area (Å²) in [5.41, 5.74) is 6.77. The fourth-order valence-electron chi connectivity index (χ4n) is 1.17. The van der Waals surface area contributed by atoms with Gasteiger partial charge in [0.05, 0.1) is 0 Å². The predicted molar refractivity (Wildman–Crippen MR) is 46.4 cm³/mol. The van der Waals surface area contributed by atoms with Gasteiger partial charge in [0.25, 0.3) is 0 Å². The SMILES string of the molecule is CCn1nc(N)cc1C(C)C. The molecule has 0 aromatic carbocycles. The van der Waals surface area contributed by atoms with Crippen LogP contribution >= 0.6 is 0 Å². The van der Waals surface area contributed by atoms with Gasteiger partial charge in [0.15, 0.2) is 0 Å². The van der Waals surface area contributed by atoms with E-state index in [9.17, 15) is 0 Å². The molecule has 0 atom stereocenters. The molecule has 0 saturated heterocycles. The summed E-state index contributed by atoms with van der Waals surface area (Å²) in [5, 5.41) is 4.14. The second kappa shape index (κ2) is 2.95. The minimum Gasteiger partial charge on any atom is -0.382 e. The van der Waals surface area contributed by atoms with Gasteiger partial charge in [0.1, 0.15) is 5.82 Å². The highest BCUT2D eigenvalue weighted by atomic mass is 15.3. The smallest absolute Gasteiger partial charge is 0.145 e. The van der Waals surface area contributed by atoms with E-state index < -0.39 is 0 Å². The van der Waals surface area contributed by atoms with Crippen LogP contribution in [0.25, 0.3) is 0 Å². The van der Waals surface area contributed by atoms with Crippen molar-refractivity contribution in [2.45, 2.75) is 33.2 Å². The minimum atomic E-state index is 0.500. The van der Waals surface area contributed by atoms with Gasteiger partial charge in [-0.15, -0.1) is 0 Å². The van der Waals surface area contributed by atoms with Gasteiger partial charge in [-0.1, -0.05) is 13.8 Å². The molecule has 0 aliphatic heterocycles. The third kappa shape index (κ3) is 1.53. The Morgan fingerprint density at radius 3 is 2.64 bits per heavy atom. The molecule has 1 heterocycles. The van der Waals surface area contributed by atoms with Crippen molar-refractivity contribution in [3.8, 4) is 0 Å². The summed E-state index contributed by atoms with van der Waals surface area (Å²) in [6, 6.07) is 1.94. The summed E-state index contributed by atoms with van der Waals surface area (Å²) in [6.07, 6.45) is 0. The molecule has 1 aromatic heterocycles. The van der Waals surface area contributed by atoms with Gasteiger partial charge < -0.3 is 5.73 Å². The highest BCUT2D eigenvalue weighted by Gasteiger charge is 2.06. The summed E-state index contributed by atoms with van der Waals surface area (Å²) in [7, 11) is 0. The molecule has 1 rings (SSSR count). The van der Waals surface area contributed by atoms with Gasteiger partial charge >= 0.3 is 0 Å². The maximum Gasteiger partial charge on any atom is 0.145 e. The van der Waals surface area contributed by atoms with Crippen molar-refractivity contribution in [1.82, 2.24) is 9.78 Å². The van der Waals surface area contributed by atoms with Crippen LogP contribution in [0.3, 0.4) is 0 Å². The molecule has 62 valence electrons. The van der Waals surface area contributed by atoms with Crippen LogP contribution in [0.15, 0.2) is 6.07 Å². The number of hydrogen-bond donors (Lipinski definition) is 1. The van der Waals surface area contributed by atoms with E-state index >= 15 is 0 Å². The fourth-order valence-corrected chi connectivity index (χ4v) is 1.17. The van der Waals surface area contributed by atoms with Crippen molar-refractivity contribution in [3.05, 3.63) is 11.8 Å². The summed E-state index contributed by atoms with van der Waals surface area (Å²) in [6.45, 7) is 7.24. The standard InChI is InChI=1S/C8H15N3/c1-4-11-7(6(2)3)5-8(9)10-11/h5-6H,4H2,1-3H3,(H2,9,10). The molecule has 0 spiro atoms. The lowest BCUT2D eigenvalue weighted by Crippen LogP contribution is -2.03. The average Bonchev–Trinajstić information content (AvgIpc) is 2.30. The number of hydrogen-bond acceptors (Lipinski definition) is 2. The van der Waals surface area contributed by atoms with E-state index in [0.29, 0.717) is 11.7 Å². The number of anilines is 1. The maximum atomic E-state index is 5.56. The first-order valence-electron chi connectivity index (χ1n) is 3.98. The van der Waals surface area contributed by atoms with Gasteiger partial charge in [-0.05, 0) is 12.8 Å². The fraction of sp³-hybridized carbons (Fsp3) is 0.625. The molecule has 0 bridgehead atoms. The highest BCUT2D eigenvalue weighted by Crippen LogP contribution is 2.16. The number of aromatic nitrogens is 2. The van der Waals surface area contributed by atoms with Crippen LogP contribution in [0.5, 0.6) is 0 Å². The zero-order valence-electron chi connectivity index (χ0n) is 7.33. The lowest BCUT2D eigenvalue weighted by Gasteiger charge is -2.05. The lowest BCUT2D eigenvalue weighted by molar-refractivity contribution is 0.600. The Bertz CT molecular complexity index is 237. The quantitative estimate of drug-likeness (QED) is 0.701. The molecular formula is C8H15N3. The van der Waals surface area contributed by atoms with Gasteiger partial charge in [0, 0.05) is 18.3 Å². The van der Waals surface area contributed by atoms with Crippen LogP contribution in [0.2, 0.25) is 0 Å². The molecule has 0 aliphatic rings. The van der Waals surface area contributed by atoms with Crippen molar-refractivity contribution in [3.63, 3.8) is 0 Å². The third-order valence-electron chi connectivity index (χ3n) is 1.72. The van der Waals surface area contributed by atoms with Crippen molar-refractivity contribution in [1.29, 1.82) is 0 Å². The summed E-state index contributed by atoms with van der Waals surface area (Å²) >= 11 is 0. The average molecular weight is 153 g/mol. The third-order valence-corrected chi connectivity index (χ3v) is 1.72. The molecule has 0 fully saturated rings. The van der Waals surface area contributed by atoms with Crippen molar-refractivity contribution in [2.75, 3.05) is 5.73 Å². The van der Waals surface area contributed by atoms with Crippen LogP contribution in [0.1, 0.15) is 32.4 Å². The number of aryl methyl sites for hydroxylation is 1. The number of nitrogens with zero attached hydrogens (tertiary/aromatic N) is 2. The van der Waals surface area contributed by atoms with Gasteiger partial charge in [-0.3, -0.25) is 4.68 Å². The normalized spacial score (nSPS) is 10.9. The second-order valence-corrected chi connectivity index (χ2v) is 2.96. The predicted octanol–water partition coefficient (Wildman–Crippen LogP) is 1.61. The van der Waals surface area contributed by atoms with E-state index in [-0.39, 0.29) is 0 Å². The highest BCUT2D eigenvalue weighted by molar-refractivity contribution is 5.30. The molecule has 3 nitrogen and oxygen atoms in total. The second-order valence-electron chi connectivity index (χ2n) is 2.96. The van der Waals surface area contributed by atoms with E-state index in [4.69, 9.17) is 5.73 Å². The van der Waals surface area contributed by atoms with Crippen LogP contribution in [0.4, 0.5) is 5.82 Å². The molecule has 0 saturated carbocycles. The molecular weight excluding hydrogens is 138 g/mol. The molecule has 1 aromatic rings. The Balaban J connectivity index is 3.02. The Morgan fingerprint density at radius 1 is 1.64 bits per heavy atom. The van der Waals surface area contributed by atoms with Crippen LogP contribution < -0.4 is 5.73 Å². The number of nitrogen functional groups attached to an aromatic ring is 1. The van der Waals surface area contributed by atoms with Crippen LogP contribution in [-0.4, -0.2) is 9.78 Å². The van der Waals surface area contributed by atoms with E-state index in [1.165, 1.54) is 5.69 Å². The molecule has 11 heavy (non-hydrogen) atoms. The molecule has 0 amide bonds.